The normalized spacial score (nSPS) is 10.4. The first-order chi connectivity index (χ1) is 11.3. The van der Waals surface area contributed by atoms with Crippen molar-refractivity contribution in [2.45, 2.75) is 20.3 Å². The van der Waals surface area contributed by atoms with Crippen LogP contribution in [-0.2, 0) is 9.59 Å². The van der Waals surface area contributed by atoms with E-state index in [2.05, 4.69) is 5.32 Å². The Hall–Kier alpha value is -2.83. The predicted molar refractivity (Wildman–Crippen MR) is 84.1 cm³/mol. The molecular formula is C17H15F3N2O2. The molecule has 126 valence electrons. The van der Waals surface area contributed by atoms with Crippen LogP contribution in [0.1, 0.15) is 17.5 Å². The van der Waals surface area contributed by atoms with Crippen LogP contribution in [0.4, 0.5) is 24.5 Å². The Kier molecular flexibility index (Phi) is 5.23. The Morgan fingerprint density at radius 3 is 2.08 bits per heavy atom. The summed E-state index contributed by atoms with van der Waals surface area (Å²) < 4.78 is 39.4. The number of anilines is 2. The van der Waals surface area contributed by atoms with Gasteiger partial charge in [-0.05, 0) is 37.6 Å². The molecule has 2 N–H and O–H groups in total. The molecule has 0 fully saturated rings. The Labute approximate surface area is 136 Å². The molecule has 2 aromatic carbocycles. The Morgan fingerprint density at radius 1 is 0.875 bits per heavy atom. The third-order valence-corrected chi connectivity index (χ3v) is 3.29. The standard InChI is InChI=1S/C17H15F3N2O2/c1-9-3-5-12(10(2)7-9)21-14(23)8-15(24)22-13-6-4-11(18)16(19)17(13)20/h3-7H,8H2,1-2H3,(H,21,23)(H,22,24). The lowest BCUT2D eigenvalue weighted by Crippen LogP contribution is -2.22. The molecule has 0 saturated heterocycles. The summed E-state index contributed by atoms with van der Waals surface area (Å²) in [7, 11) is 0. The number of halogens is 3. The van der Waals surface area contributed by atoms with E-state index in [-0.39, 0.29) is 0 Å². The highest BCUT2D eigenvalue weighted by Gasteiger charge is 2.17. The van der Waals surface area contributed by atoms with Crippen molar-refractivity contribution in [1.29, 1.82) is 0 Å². The number of hydrogen-bond acceptors (Lipinski definition) is 2. The van der Waals surface area contributed by atoms with Gasteiger partial charge in [-0.3, -0.25) is 9.59 Å². The molecule has 0 unspecified atom stereocenters. The second kappa shape index (κ2) is 7.16. The maximum atomic E-state index is 13.5. The van der Waals surface area contributed by atoms with Crippen LogP contribution in [-0.4, -0.2) is 11.8 Å². The second-order valence-corrected chi connectivity index (χ2v) is 5.31. The highest BCUT2D eigenvalue weighted by Crippen LogP contribution is 2.20. The van der Waals surface area contributed by atoms with Gasteiger partial charge in [-0.15, -0.1) is 0 Å². The number of benzene rings is 2. The second-order valence-electron chi connectivity index (χ2n) is 5.31. The van der Waals surface area contributed by atoms with Crippen LogP contribution in [0, 0.1) is 31.3 Å². The number of nitrogens with one attached hydrogen (secondary N) is 2. The zero-order chi connectivity index (χ0) is 17.9. The summed E-state index contributed by atoms with van der Waals surface area (Å²) in [5, 5.41) is 4.60. The highest BCUT2D eigenvalue weighted by molar-refractivity contribution is 6.08. The Balaban J connectivity index is 1.99. The fourth-order valence-electron chi connectivity index (χ4n) is 2.11. The van der Waals surface area contributed by atoms with E-state index in [4.69, 9.17) is 0 Å². The van der Waals surface area contributed by atoms with E-state index in [1.165, 1.54) is 0 Å². The van der Waals surface area contributed by atoms with Crippen LogP contribution in [0.2, 0.25) is 0 Å². The number of amides is 2. The molecule has 2 amide bonds. The van der Waals surface area contributed by atoms with Crippen molar-refractivity contribution >= 4 is 23.2 Å². The number of carbonyl (C=O) groups excluding carboxylic acids is 2. The number of hydrogen-bond donors (Lipinski definition) is 2. The number of rotatable bonds is 4. The molecular weight excluding hydrogens is 321 g/mol. The average molecular weight is 336 g/mol. The summed E-state index contributed by atoms with van der Waals surface area (Å²) >= 11 is 0. The van der Waals surface area contributed by atoms with Gasteiger partial charge in [0.25, 0.3) is 0 Å². The van der Waals surface area contributed by atoms with Gasteiger partial charge in [0.1, 0.15) is 6.42 Å². The zero-order valence-corrected chi connectivity index (χ0v) is 13.0. The Bertz CT molecular complexity index is 807. The maximum absolute atomic E-state index is 13.5. The lowest BCUT2D eigenvalue weighted by molar-refractivity contribution is -0.123. The van der Waals surface area contributed by atoms with E-state index in [9.17, 15) is 22.8 Å². The van der Waals surface area contributed by atoms with Gasteiger partial charge in [0.2, 0.25) is 11.8 Å². The molecule has 24 heavy (non-hydrogen) atoms. The van der Waals surface area contributed by atoms with Crippen LogP contribution < -0.4 is 10.6 Å². The van der Waals surface area contributed by atoms with Gasteiger partial charge in [0, 0.05) is 5.69 Å². The summed E-state index contributed by atoms with van der Waals surface area (Å²) in [6.07, 6.45) is -0.592. The fourth-order valence-corrected chi connectivity index (χ4v) is 2.11. The van der Waals surface area contributed by atoms with Crippen molar-refractivity contribution < 1.29 is 22.8 Å². The molecule has 2 aromatic rings. The van der Waals surface area contributed by atoms with E-state index in [0.29, 0.717) is 11.8 Å². The molecule has 2 rings (SSSR count). The molecule has 0 saturated carbocycles. The zero-order valence-electron chi connectivity index (χ0n) is 13.0. The van der Waals surface area contributed by atoms with Crippen molar-refractivity contribution in [3.05, 3.63) is 58.9 Å². The summed E-state index contributed by atoms with van der Waals surface area (Å²) in [5.74, 6) is -6.02. The first-order valence-electron chi connectivity index (χ1n) is 7.08. The third kappa shape index (κ3) is 4.13. The van der Waals surface area contributed by atoms with Gasteiger partial charge in [-0.25, -0.2) is 13.2 Å². The van der Waals surface area contributed by atoms with Crippen molar-refractivity contribution in [1.82, 2.24) is 0 Å². The first kappa shape index (κ1) is 17.5. The topological polar surface area (TPSA) is 58.2 Å². The van der Waals surface area contributed by atoms with E-state index in [0.717, 1.165) is 17.2 Å². The predicted octanol–water partition coefficient (Wildman–Crippen LogP) is 3.69. The molecule has 0 aliphatic carbocycles. The van der Waals surface area contributed by atoms with Crippen LogP contribution in [0.15, 0.2) is 30.3 Å². The maximum Gasteiger partial charge on any atom is 0.233 e. The molecule has 0 aliphatic rings. The number of aryl methyl sites for hydroxylation is 2. The van der Waals surface area contributed by atoms with Gasteiger partial charge in [0.15, 0.2) is 17.5 Å². The van der Waals surface area contributed by atoms with Crippen molar-refractivity contribution in [3.63, 3.8) is 0 Å². The average Bonchev–Trinajstić information content (AvgIpc) is 2.50. The largest absolute Gasteiger partial charge is 0.325 e. The minimum Gasteiger partial charge on any atom is -0.325 e. The quantitative estimate of drug-likeness (QED) is 0.661. The summed E-state index contributed by atoms with van der Waals surface area (Å²) in [6, 6.07) is 6.94. The van der Waals surface area contributed by atoms with Crippen LogP contribution in [0.3, 0.4) is 0 Å². The van der Waals surface area contributed by atoms with E-state index < -0.39 is 41.4 Å². The summed E-state index contributed by atoms with van der Waals surface area (Å²) in [6.45, 7) is 3.71. The van der Waals surface area contributed by atoms with Crippen LogP contribution in [0.5, 0.6) is 0 Å². The van der Waals surface area contributed by atoms with E-state index >= 15 is 0 Å². The lowest BCUT2D eigenvalue weighted by atomic mass is 10.1. The minimum atomic E-state index is -1.69. The van der Waals surface area contributed by atoms with Crippen LogP contribution in [0.25, 0.3) is 0 Å². The molecule has 0 atom stereocenters. The SMILES string of the molecule is Cc1ccc(NC(=O)CC(=O)Nc2ccc(F)c(F)c2F)c(C)c1. The molecule has 7 heteroatoms. The molecule has 0 aromatic heterocycles. The van der Waals surface area contributed by atoms with Gasteiger partial charge in [0.05, 0.1) is 5.69 Å². The molecule has 0 heterocycles. The smallest absolute Gasteiger partial charge is 0.233 e. The number of carbonyl (C=O) groups is 2. The van der Waals surface area contributed by atoms with Crippen LogP contribution >= 0.6 is 0 Å². The van der Waals surface area contributed by atoms with Gasteiger partial charge in [-0.2, -0.15) is 0 Å². The van der Waals surface area contributed by atoms with Gasteiger partial charge in [-0.1, -0.05) is 17.7 Å². The fraction of sp³-hybridized carbons (Fsp3) is 0.176. The third-order valence-electron chi connectivity index (χ3n) is 3.29. The summed E-state index contributed by atoms with van der Waals surface area (Å²) in [5.41, 5.74) is 1.88. The molecule has 0 bridgehead atoms. The lowest BCUT2D eigenvalue weighted by Gasteiger charge is -2.10. The highest BCUT2D eigenvalue weighted by atomic mass is 19.2. The monoisotopic (exact) mass is 336 g/mol. The van der Waals surface area contributed by atoms with E-state index in [1.807, 2.05) is 18.3 Å². The van der Waals surface area contributed by atoms with Crippen molar-refractivity contribution in [2.75, 3.05) is 10.6 Å². The molecule has 4 nitrogen and oxygen atoms in total. The Morgan fingerprint density at radius 2 is 1.46 bits per heavy atom. The molecule has 0 aliphatic heterocycles. The molecule has 0 spiro atoms. The molecule has 0 radical (unpaired) electrons. The van der Waals surface area contributed by atoms with Gasteiger partial charge < -0.3 is 10.6 Å². The van der Waals surface area contributed by atoms with Crippen molar-refractivity contribution in [2.24, 2.45) is 0 Å². The minimum absolute atomic E-state index is 0.529. The van der Waals surface area contributed by atoms with Crippen molar-refractivity contribution in [3.8, 4) is 0 Å². The summed E-state index contributed by atoms with van der Waals surface area (Å²) in [4.78, 5) is 23.6. The van der Waals surface area contributed by atoms with E-state index in [1.54, 1.807) is 19.1 Å². The first-order valence-corrected chi connectivity index (χ1v) is 7.08. The van der Waals surface area contributed by atoms with Gasteiger partial charge >= 0.3 is 0 Å².